The van der Waals surface area contributed by atoms with Crippen LogP contribution in [0.15, 0.2) is 42.5 Å². The van der Waals surface area contributed by atoms with E-state index in [1.165, 1.54) is 35.8 Å². The number of carbonyl (C=O) groups is 6. The quantitative estimate of drug-likeness (QED) is 0.208. The third-order valence-corrected chi connectivity index (χ3v) is 11.5. The van der Waals surface area contributed by atoms with Gasteiger partial charge in [0.1, 0.15) is 18.1 Å². The second-order valence-electron chi connectivity index (χ2n) is 16.4. The Bertz CT molecular complexity index is 1700. The highest BCUT2D eigenvalue weighted by Crippen LogP contribution is 2.27. The second kappa shape index (κ2) is 20.1. The van der Waals surface area contributed by atoms with Gasteiger partial charge in [0.05, 0.1) is 0 Å². The molecule has 0 spiro atoms. The average Bonchev–Trinajstić information content (AvgIpc) is 3.16. The number of rotatable bonds is 10. The van der Waals surface area contributed by atoms with Gasteiger partial charge in [-0.05, 0) is 45.9 Å². The topological polar surface area (TPSA) is 140 Å². The summed E-state index contributed by atoms with van der Waals surface area (Å²) in [6.07, 6.45) is -2.58. The first-order chi connectivity index (χ1) is 26.3. The maximum Gasteiger partial charge on any atom is 0.329 e. The number of benzene rings is 2. The number of cyclic esters (lactones) is 3. The third-order valence-electron chi connectivity index (χ3n) is 11.5. The molecular formula is C44H65N3O9. The van der Waals surface area contributed by atoms with E-state index in [0.717, 1.165) is 10.8 Å². The van der Waals surface area contributed by atoms with Crippen molar-refractivity contribution < 1.29 is 43.0 Å². The van der Waals surface area contributed by atoms with E-state index in [4.69, 9.17) is 14.2 Å². The van der Waals surface area contributed by atoms with Crippen LogP contribution < -0.4 is 0 Å². The molecule has 3 rings (SSSR count). The molecule has 12 heteroatoms. The van der Waals surface area contributed by atoms with E-state index in [1.54, 1.807) is 34.6 Å². The first kappa shape index (κ1) is 45.9. The first-order valence-corrected chi connectivity index (χ1v) is 20.2. The maximum atomic E-state index is 14.7. The lowest BCUT2D eigenvalue weighted by Crippen LogP contribution is -2.58. The number of esters is 3. The molecule has 3 amide bonds. The first-order valence-electron chi connectivity index (χ1n) is 20.2. The lowest BCUT2D eigenvalue weighted by Gasteiger charge is -2.39. The molecule has 0 aliphatic carbocycles. The summed E-state index contributed by atoms with van der Waals surface area (Å²) in [5, 5.41) is 1.93. The van der Waals surface area contributed by atoms with E-state index in [0.29, 0.717) is 24.8 Å². The van der Waals surface area contributed by atoms with Gasteiger partial charge >= 0.3 is 17.9 Å². The molecule has 0 aromatic heterocycles. The Labute approximate surface area is 333 Å². The largest absolute Gasteiger partial charge is 0.450 e. The summed E-state index contributed by atoms with van der Waals surface area (Å²) in [5.74, 6) is -6.51. The molecule has 12 nitrogen and oxygen atoms in total. The molecule has 0 saturated carbocycles. The van der Waals surface area contributed by atoms with Crippen molar-refractivity contribution in [3.05, 3.63) is 48.0 Å². The molecule has 1 aliphatic heterocycles. The highest BCUT2D eigenvalue weighted by Gasteiger charge is 2.45. The molecule has 0 N–H and O–H groups in total. The molecule has 310 valence electrons. The zero-order valence-electron chi connectivity index (χ0n) is 35.7. The molecule has 0 radical (unpaired) electrons. The molecule has 1 aliphatic rings. The van der Waals surface area contributed by atoms with Crippen LogP contribution in [-0.2, 0) is 49.4 Å². The fourth-order valence-electron chi connectivity index (χ4n) is 7.33. The van der Waals surface area contributed by atoms with Gasteiger partial charge in [-0.1, -0.05) is 131 Å². The standard InChI is InChI=1S/C44H65N3O9/c1-14-27(8)34-42(51)54-33(24-30-21-22-31-19-17-18-20-32(31)23-30)39(48)45(11)35(28(9)15-2)43(52)55-38(26(6)7)41(50)47(13)36(29(10)16-3)44(53)56-37(25(4)5)40(49)46(34)12/h17-23,25-29,33-38H,14-16,24H2,1-13H3/t27-,28-,29-,33+,34-,35-,36-,37+,38+/m0/s1. The van der Waals surface area contributed by atoms with E-state index in [1.807, 2.05) is 77.1 Å². The molecule has 2 aromatic rings. The Balaban J connectivity index is 2.28. The fourth-order valence-corrected chi connectivity index (χ4v) is 7.33. The van der Waals surface area contributed by atoms with Crippen molar-refractivity contribution in [2.45, 2.75) is 131 Å². The molecule has 1 saturated heterocycles. The lowest BCUT2D eigenvalue weighted by molar-refractivity contribution is -0.181. The van der Waals surface area contributed by atoms with Crippen LogP contribution >= 0.6 is 0 Å². The van der Waals surface area contributed by atoms with Gasteiger partial charge in [-0.3, -0.25) is 14.4 Å². The normalized spacial score (nSPS) is 25.8. The summed E-state index contributed by atoms with van der Waals surface area (Å²) in [7, 11) is 4.41. The Kier molecular flexibility index (Phi) is 16.5. The van der Waals surface area contributed by atoms with Crippen molar-refractivity contribution in [2.24, 2.45) is 29.6 Å². The number of ether oxygens (including phenoxy) is 3. The van der Waals surface area contributed by atoms with Gasteiger partial charge in [0.15, 0.2) is 18.3 Å². The van der Waals surface area contributed by atoms with Gasteiger partial charge in [-0.25, -0.2) is 14.4 Å². The van der Waals surface area contributed by atoms with Gasteiger partial charge in [-0.2, -0.15) is 0 Å². The number of hydrogen-bond donors (Lipinski definition) is 0. The lowest BCUT2D eigenvalue weighted by atomic mass is 9.94. The Hall–Kier alpha value is -4.48. The van der Waals surface area contributed by atoms with Crippen molar-refractivity contribution in [1.82, 2.24) is 14.7 Å². The Morgan fingerprint density at radius 2 is 0.893 bits per heavy atom. The minimum Gasteiger partial charge on any atom is -0.450 e. The van der Waals surface area contributed by atoms with Crippen molar-refractivity contribution >= 4 is 46.4 Å². The summed E-state index contributed by atoms with van der Waals surface area (Å²) in [5.41, 5.74) is 0.716. The van der Waals surface area contributed by atoms with E-state index >= 15 is 0 Å². The third kappa shape index (κ3) is 10.5. The fraction of sp³-hybridized carbons (Fsp3) is 0.636. The van der Waals surface area contributed by atoms with Crippen LogP contribution in [0.5, 0.6) is 0 Å². The van der Waals surface area contributed by atoms with Gasteiger partial charge in [0.2, 0.25) is 0 Å². The van der Waals surface area contributed by atoms with Crippen LogP contribution in [0.3, 0.4) is 0 Å². The van der Waals surface area contributed by atoms with Crippen LogP contribution in [0.4, 0.5) is 0 Å². The van der Waals surface area contributed by atoms with Crippen molar-refractivity contribution in [1.29, 1.82) is 0 Å². The van der Waals surface area contributed by atoms with Crippen molar-refractivity contribution in [3.63, 3.8) is 0 Å². The molecule has 0 bridgehead atoms. The summed E-state index contributed by atoms with van der Waals surface area (Å²) in [4.78, 5) is 90.0. The maximum absolute atomic E-state index is 14.7. The molecule has 0 unspecified atom stereocenters. The number of carbonyl (C=O) groups excluding carboxylic acids is 6. The van der Waals surface area contributed by atoms with Gasteiger partial charge in [-0.15, -0.1) is 0 Å². The summed E-state index contributed by atoms with van der Waals surface area (Å²) >= 11 is 0. The predicted molar refractivity (Wildman–Crippen MR) is 215 cm³/mol. The average molecular weight is 780 g/mol. The highest BCUT2D eigenvalue weighted by molar-refractivity contribution is 5.94. The number of nitrogens with zero attached hydrogens (tertiary/aromatic N) is 3. The smallest absolute Gasteiger partial charge is 0.329 e. The molecule has 56 heavy (non-hydrogen) atoms. The SMILES string of the molecule is CC[C@H](C)[C@H]1C(=O)O[C@H](C(C)C)C(=O)N(C)[C@@H]([C@@H](C)CC)C(=O)O[C@H](C(C)C)C(=O)N(C)[C@@H]([C@@H](C)CC)C(=O)O[C@H](Cc2ccc3ccccc3c2)C(=O)N1C. The van der Waals surface area contributed by atoms with Crippen molar-refractivity contribution in [2.75, 3.05) is 21.1 Å². The number of likely N-dealkylation sites (N-methyl/N-ethyl adjacent to an activating group) is 3. The van der Waals surface area contributed by atoms with Crippen LogP contribution in [0.1, 0.15) is 94.1 Å². The van der Waals surface area contributed by atoms with E-state index in [2.05, 4.69) is 0 Å². The van der Waals surface area contributed by atoms with Gasteiger partial charge in [0.25, 0.3) is 17.7 Å². The summed E-state index contributed by atoms with van der Waals surface area (Å²) < 4.78 is 18.2. The second-order valence-corrected chi connectivity index (χ2v) is 16.4. The number of hydrogen-bond acceptors (Lipinski definition) is 9. The minimum absolute atomic E-state index is 0.0198. The molecule has 9 atom stereocenters. The number of fused-ring (bicyclic) bond motifs is 1. The van der Waals surface area contributed by atoms with Gasteiger partial charge in [0, 0.05) is 27.6 Å². The van der Waals surface area contributed by atoms with E-state index in [-0.39, 0.29) is 6.42 Å². The van der Waals surface area contributed by atoms with Crippen LogP contribution in [-0.4, -0.2) is 108 Å². The molecular weight excluding hydrogens is 714 g/mol. The highest BCUT2D eigenvalue weighted by atomic mass is 16.6. The predicted octanol–water partition coefficient (Wildman–Crippen LogP) is 6.06. The minimum atomic E-state index is -1.40. The molecule has 1 heterocycles. The zero-order chi connectivity index (χ0) is 42.2. The van der Waals surface area contributed by atoms with Crippen LogP contribution in [0, 0.1) is 29.6 Å². The molecule has 2 aromatic carbocycles. The van der Waals surface area contributed by atoms with Gasteiger partial charge < -0.3 is 28.9 Å². The summed E-state index contributed by atoms with van der Waals surface area (Å²) in [6.45, 7) is 18.0. The van der Waals surface area contributed by atoms with Crippen LogP contribution in [0.2, 0.25) is 0 Å². The van der Waals surface area contributed by atoms with E-state index < -0.39 is 102 Å². The summed E-state index contributed by atoms with van der Waals surface area (Å²) in [6, 6.07) is 10.0. The van der Waals surface area contributed by atoms with Crippen LogP contribution in [0.25, 0.3) is 10.8 Å². The van der Waals surface area contributed by atoms with Crippen molar-refractivity contribution in [3.8, 4) is 0 Å². The Morgan fingerprint density at radius 3 is 1.29 bits per heavy atom. The zero-order valence-corrected chi connectivity index (χ0v) is 35.7. The monoisotopic (exact) mass is 779 g/mol. The molecule has 1 fully saturated rings. The Morgan fingerprint density at radius 1 is 0.518 bits per heavy atom. The number of amides is 3. The van der Waals surface area contributed by atoms with E-state index in [9.17, 15) is 28.8 Å².